The minimum Gasteiger partial charge on any atom is -0.337 e. The second-order valence-corrected chi connectivity index (χ2v) is 7.09. The van der Waals surface area contributed by atoms with E-state index in [0.717, 1.165) is 15.7 Å². The van der Waals surface area contributed by atoms with Gasteiger partial charge in [0.2, 0.25) is 11.8 Å². The van der Waals surface area contributed by atoms with Crippen LogP contribution in [-0.2, 0) is 16.1 Å². The highest BCUT2D eigenvalue weighted by atomic mass is 79.9. The maximum absolute atomic E-state index is 12.4. The van der Waals surface area contributed by atoms with Crippen LogP contribution < -0.4 is 5.32 Å². The Morgan fingerprint density at radius 3 is 2.62 bits per heavy atom. The van der Waals surface area contributed by atoms with E-state index in [9.17, 15) is 9.59 Å². The highest BCUT2D eigenvalue weighted by molar-refractivity contribution is 9.10. The lowest BCUT2D eigenvalue weighted by atomic mass is 10.1. The number of nitrogens with one attached hydrogen (secondary N) is 1. The zero-order valence-electron chi connectivity index (χ0n) is 12.8. The van der Waals surface area contributed by atoms with Gasteiger partial charge < -0.3 is 10.2 Å². The van der Waals surface area contributed by atoms with Crippen molar-refractivity contribution >= 4 is 45.0 Å². The zero-order valence-corrected chi connectivity index (χ0v) is 15.2. The third-order valence-electron chi connectivity index (χ3n) is 4.02. The average molecular weight is 408 g/mol. The Bertz CT molecular complexity index is 764. The Morgan fingerprint density at radius 2 is 1.92 bits per heavy atom. The van der Waals surface area contributed by atoms with E-state index < -0.39 is 0 Å². The van der Waals surface area contributed by atoms with Crippen LogP contribution in [0.4, 0.5) is 5.69 Å². The first-order valence-corrected chi connectivity index (χ1v) is 8.77. The van der Waals surface area contributed by atoms with Crippen LogP contribution in [0.5, 0.6) is 0 Å². The topological polar surface area (TPSA) is 49.4 Å². The molecule has 1 aliphatic rings. The molecule has 1 saturated heterocycles. The number of hydrogen-bond acceptors (Lipinski definition) is 2. The lowest BCUT2D eigenvalue weighted by molar-refractivity contribution is -0.128. The van der Waals surface area contributed by atoms with Gasteiger partial charge in [-0.2, -0.15) is 0 Å². The van der Waals surface area contributed by atoms with E-state index in [1.165, 1.54) is 0 Å². The molecule has 2 aromatic carbocycles. The summed E-state index contributed by atoms with van der Waals surface area (Å²) in [4.78, 5) is 26.3. The van der Waals surface area contributed by atoms with Gasteiger partial charge >= 0.3 is 0 Å². The molecule has 1 atom stereocenters. The van der Waals surface area contributed by atoms with Crippen LogP contribution in [0.2, 0.25) is 5.02 Å². The van der Waals surface area contributed by atoms with Gasteiger partial charge in [-0.25, -0.2) is 0 Å². The molecule has 0 radical (unpaired) electrons. The van der Waals surface area contributed by atoms with Gasteiger partial charge in [0.05, 0.1) is 5.92 Å². The minimum absolute atomic E-state index is 0.0223. The molecule has 1 N–H and O–H groups in total. The predicted octanol–water partition coefficient (Wildman–Crippen LogP) is 4.09. The Hall–Kier alpha value is -1.85. The summed E-state index contributed by atoms with van der Waals surface area (Å²) in [6, 6.07) is 14.8. The average Bonchev–Trinajstić information content (AvgIpc) is 2.93. The summed E-state index contributed by atoms with van der Waals surface area (Å²) in [5.74, 6) is -0.498. The van der Waals surface area contributed by atoms with Crippen molar-refractivity contribution in [3.63, 3.8) is 0 Å². The summed E-state index contributed by atoms with van der Waals surface area (Å²) in [7, 11) is 0. The number of carbonyl (C=O) groups is 2. The van der Waals surface area contributed by atoms with E-state index in [1.54, 1.807) is 11.0 Å². The van der Waals surface area contributed by atoms with Crippen molar-refractivity contribution in [2.75, 3.05) is 11.9 Å². The van der Waals surface area contributed by atoms with E-state index in [4.69, 9.17) is 11.6 Å². The Labute approximate surface area is 153 Å². The molecule has 0 saturated carbocycles. The monoisotopic (exact) mass is 406 g/mol. The molecule has 0 spiro atoms. The minimum atomic E-state index is -0.344. The first-order valence-electron chi connectivity index (χ1n) is 7.60. The molecule has 1 aliphatic heterocycles. The third kappa shape index (κ3) is 3.97. The summed E-state index contributed by atoms with van der Waals surface area (Å²) in [5.41, 5.74) is 1.61. The fourth-order valence-corrected chi connectivity index (χ4v) is 3.17. The first kappa shape index (κ1) is 17.0. The zero-order chi connectivity index (χ0) is 17.1. The van der Waals surface area contributed by atoms with E-state index in [-0.39, 0.29) is 24.2 Å². The normalized spacial score (nSPS) is 17.2. The standard InChI is InChI=1S/C18H16BrClN2O2/c19-14-5-7-15(8-6-14)21-18(24)13-9-17(23)22(11-13)10-12-3-1-2-4-16(12)20/h1-8,13H,9-11H2,(H,21,24)/t13-/m1/s1. The van der Waals surface area contributed by atoms with Gasteiger partial charge in [-0.05, 0) is 35.9 Å². The van der Waals surface area contributed by atoms with Crippen molar-refractivity contribution < 1.29 is 9.59 Å². The van der Waals surface area contributed by atoms with Gasteiger partial charge in [0.25, 0.3) is 0 Å². The molecule has 0 unspecified atom stereocenters. The van der Waals surface area contributed by atoms with Crippen LogP contribution >= 0.6 is 27.5 Å². The molecule has 0 bridgehead atoms. The molecule has 3 rings (SSSR count). The van der Waals surface area contributed by atoms with Crippen molar-refractivity contribution in [1.82, 2.24) is 4.90 Å². The van der Waals surface area contributed by atoms with Crippen LogP contribution in [0.3, 0.4) is 0 Å². The maximum atomic E-state index is 12.4. The molecule has 1 heterocycles. The number of nitrogens with zero attached hydrogens (tertiary/aromatic N) is 1. The second-order valence-electron chi connectivity index (χ2n) is 5.76. The molecule has 0 aromatic heterocycles. The number of hydrogen-bond donors (Lipinski definition) is 1. The molecular formula is C18H16BrClN2O2. The van der Waals surface area contributed by atoms with E-state index >= 15 is 0 Å². The van der Waals surface area contributed by atoms with Gasteiger partial charge in [-0.1, -0.05) is 45.7 Å². The van der Waals surface area contributed by atoms with Crippen molar-refractivity contribution in [2.24, 2.45) is 5.92 Å². The van der Waals surface area contributed by atoms with Gasteiger partial charge in [-0.15, -0.1) is 0 Å². The van der Waals surface area contributed by atoms with Gasteiger partial charge in [-0.3, -0.25) is 9.59 Å². The summed E-state index contributed by atoms with van der Waals surface area (Å²) >= 11 is 9.50. The lowest BCUT2D eigenvalue weighted by Gasteiger charge is -2.17. The molecule has 6 heteroatoms. The number of halogens is 2. The molecule has 124 valence electrons. The number of likely N-dealkylation sites (tertiary alicyclic amines) is 1. The summed E-state index contributed by atoms with van der Waals surface area (Å²) in [5, 5.41) is 3.50. The fourth-order valence-electron chi connectivity index (χ4n) is 2.71. The summed E-state index contributed by atoms with van der Waals surface area (Å²) in [6.07, 6.45) is 0.229. The first-order chi connectivity index (χ1) is 11.5. The largest absolute Gasteiger partial charge is 0.337 e. The van der Waals surface area contributed by atoms with E-state index in [0.29, 0.717) is 18.1 Å². The van der Waals surface area contributed by atoms with Gasteiger partial charge in [0, 0.05) is 34.7 Å². The number of rotatable bonds is 4. The number of carbonyl (C=O) groups excluding carboxylic acids is 2. The van der Waals surface area contributed by atoms with Crippen LogP contribution in [0.1, 0.15) is 12.0 Å². The number of amides is 2. The predicted molar refractivity (Wildman–Crippen MR) is 97.7 cm³/mol. The van der Waals surface area contributed by atoms with Crippen molar-refractivity contribution in [2.45, 2.75) is 13.0 Å². The quantitative estimate of drug-likeness (QED) is 0.830. The van der Waals surface area contributed by atoms with E-state index in [1.807, 2.05) is 42.5 Å². The molecule has 0 aliphatic carbocycles. The van der Waals surface area contributed by atoms with Crippen LogP contribution in [0, 0.1) is 5.92 Å². The molecule has 2 amide bonds. The third-order valence-corrected chi connectivity index (χ3v) is 4.91. The van der Waals surface area contributed by atoms with Crippen molar-refractivity contribution in [3.05, 3.63) is 63.6 Å². The molecule has 24 heavy (non-hydrogen) atoms. The number of benzene rings is 2. The van der Waals surface area contributed by atoms with Crippen molar-refractivity contribution in [3.8, 4) is 0 Å². The molecule has 4 nitrogen and oxygen atoms in total. The molecule has 2 aromatic rings. The van der Waals surface area contributed by atoms with E-state index in [2.05, 4.69) is 21.2 Å². The summed E-state index contributed by atoms with van der Waals surface area (Å²) in [6.45, 7) is 0.840. The maximum Gasteiger partial charge on any atom is 0.229 e. The lowest BCUT2D eigenvalue weighted by Crippen LogP contribution is -2.28. The molecule has 1 fully saturated rings. The highest BCUT2D eigenvalue weighted by Crippen LogP contribution is 2.24. The SMILES string of the molecule is O=C(Nc1ccc(Br)cc1)[C@@H]1CC(=O)N(Cc2ccccc2Cl)C1. The van der Waals surface area contributed by atoms with Crippen molar-refractivity contribution in [1.29, 1.82) is 0 Å². The fraction of sp³-hybridized carbons (Fsp3) is 0.222. The number of anilines is 1. The van der Waals surface area contributed by atoms with Gasteiger partial charge in [0.1, 0.15) is 0 Å². The van der Waals surface area contributed by atoms with Crippen LogP contribution in [0.25, 0.3) is 0 Å². The Kier molecular flexibility index (Phi) is 5.21. The van der Waals surface area contributed by atoms with Crippen LogP contribution in [-0.4, -0.2) is 23.3 Å². The smallest absolute Gasteiger partial charge is 0.229 e. The van der Waals surface area contributed by atoms with Crippen LogP contribution in [0.15, 0.2) is 53.0 Å². The Morgan fingerprint density at radius 1 is 1.21 bits per heavy atom. The summed E-state index contributed by atoms with van der Waals surface area (Å²) < 4.78 is 0.947. The highest BCUT2D eigenvalue weighted by Gasteiger charge is 2.34. The molecular weight excluding hydrogens is 392 g/mol. The Balaban J connectivity index is 1.62. The van der Waals surface area contributed by atoms with Gasteiger partial charge in [0.15, 0.2) is 0 Å². The second kappa shape index (κ2) is 7.36.